The predicted molar refractivity (Wildman–Crippen MR) is 175 cm³/mol. The maximum Gasteiger partial charge on any atom is 0.336 e. The summed E-state index contributed by atoms with van der Waals surface area (Å²) < 4.78 is 0.890. The van der Waals surface area contributed by atoms with Crippen LogP contribution in [0, 0.1) is 5.92 Å². The van der Waals surface area contributed by atoms with Gasteiger partial charge >= 0.3 is 5.97 Å². The van der Waals surface area contributed by atoms with Crippen LogP contribution in [0.1, 0.15) is 43.5 Å². The summed E-state index contributed by atoms with van der Waals surface area (Å²) in [7, 11) is 2.20. The van der Waals surface area contributed by atoms with Crippen molar-refractivity contribution in [1.82, 2.24) is 19.8 Å². The molecule has 0 spiro atoms. The summed E-state index contributed by atoms with van der Waals surface area (Å²) in [5.41, 5.74) is 6.12. The van der Waals surface area contributed by atoms with E-state index in [1.54, 1.807) is 18.3 Å². The number of carbonyl (C=O) groups is 1. The summed E-state index contributed by atoms with van der Waals surface area (Å²) in [4.78, 5) is 26.4. The molecule has 3 heterocycles. The number of thiophene rings is 1. The number of hydrogen-bond acceptors (Lipinski definition) is 8. The highest BCUT2D eigenvalue weighted by Gasteiger charge is 2.27. The average molecular weight is 655 g/mol. The zero-order valence-corrected chi connectivity index (χ0v) is 27.0. The minimum absolute atomic E-state index is 0. The van der Waals surface area contributed by atoms with Crippen LogP contribution in [-0.2, 0) is 0 Å². The highest BCUT2D eigenvalue weighted by molar-refractivity contribution is 7.22. The Balaban J connectivity index is 0.00000105. The van der Waals surface area contributed by atoms with Crippen molar-refractivity contribution in [3.63, 3.8) is 0 Å². The number of aromatic nitrogens is 2. The minimum atomic E-state index is -0.943. The summed E-state index contributed by atoms with van der Waals surface area (Å²) in [5, 5.41) is 13.9. The van der Waals surface area contributed by atoms with Gasteiger partial charge in [0.1, 0.15) is 5.69 Å². The van der Waals surface area contributed by atoms with E-state index in [4.69, 9.17) is 17.3 Å². The van der Waals surface area contributed by atoms with Crippen molar-refractivity contribution in [1.29, 1.82) is 0 Å². The van der Waals surface area contributed by atoms with Crippen LogP contribution in [0.5, 0.6) is 0 Å². The first-order valence-corrected chi connectivity index (χ1v) is 14.1. The Morgan fingerprint density at radius 1 is 1.25 bits per heavy atom. The molecule has 1 aliphatic heterocycles. The number of anilines is 1. The first-order chi connectivity index (χ1) is 17.7. The molecule has 0 bridgehead atoms. The Kier molecular flexibility index (Phi) is 15.4. The van der Waals surface area contributed by atoms with E-state index in [0.29, 0.717) is 40.1 Å². The number of likely N-dealkylation sites (N-methyl/N-ethyl adjacent to an activating group) is 1. The van der Waals surface area contributed by atoms with E-state index in [-0.39, 0.29) is 42.8 Å². The molecule has 1 unspecified atom stereocenters. The summed E-state index contributed by atoms with van der Waals surface area (Å²) in [6, 6.07) is 8.30. The lowest BCUT2D eigenvalue weighted by atomic mass is 9.99. The van der Waals surface area contributed by atoms with Crippen LogP contribution in [-0.4, -0.2) is 82.7 Å². The third-order valence-electron chi connectivity index (χ3n) is 6.80. The van der Waals surface area contributed by atoms with Crippen LogP contribution in [0.3, 0.4) is 0 Å². The first-order valence-electron chi connectivity index (χ1n) is 12.9. The fourth-order valence-electron chi connectivity index (χ4n) is 4.47. The minimum Gasteiger partial charge on any atom is -0.478 e. The zero-order valence-electron chi connectivity index (χ0n) is 23.0. The fraction of sp³-hybridized carbons (Fsp3) is 0.519. The molecule has 1 saturated heterocycles. The van der Waals surface area contributed by atoms with Gasteiger partial charge in [-0.1, -0.05) is 31.5 Å². The molecule has 13 heteroatoms. The van der Waals surface area contributed by atoms with Crippen molar-refractivity contribution in [2.24, 2.45) is 11.7 Å². The van der Waals surface area contributed by atoms with Gasteiger partial charge in [-0.2, -0.15) is 0 Å². The number of piperazine rings is 1. The summed E-state index contributed by atoms with van der Waals surface area (Å²) in [6.45, 7) is 9.74. The Hall–Kier alpha value is -1.43. The molecule has 0 radical (unpaired) electrons. The van der Waals surface area contributed by atoms with E-state index < -0.39 is 5.97 Å². The van der Waals surface area contributed by atoms with Gasteiger partial charge < -0.3 is 21.1 Å². The zero-order chi connectivity index (χ0) is 26.5. The second kappa shape index (κ2) is 16.9. The number of carboxylic acid groups (broad SMARTS) is 1. The standard InChI is InChI=1S/C24H30ClN5O2S.C3H7N.3ClH/c1-15(2)19-14-29(3)10-11-30(19)9-5-8-26-24-27-13-18(25)22(28-24)21-12-17-16(23(31)32)6-4-7-20(17)33-21;4-3-1-2-3;;;/h4,6-7,12-13,15,19H,5,8-11,14H2,1-3H3,(H,31,32)(H,26,27,28);3H,1-2,4H2;3*1H. The lowest BCUT2D eigenvalue weighted by Gasteiger charge is -2.42. The molecular weight excluding hydrogens is 614 g/mol. The van der Waals surface area contributed by atoms with Gasteiger partial charge in [-0.15, -0.1) is 48.6 Å². The van der Waals surface area contributed by atoms with E-state index >= 15 is 0 Å². The van der Waals surface area contributed by atoms with Crippen molar-refractivity contribution in [2.75, 3.05) is 45.1 Å². The summed E-state index contributed by atoms with van der Waals surface area (Å²) in [5.74, 6) is 0.219. The number of hydrogen-bond donors (Lipinski definition) is 3. The molecule has 8 nitrogen and oxygen atoms in total. The third kappa shape index (κ3) is 9.84. The molecule has 5 rings (SSSR count). The van der Waals surface area contributed by atoms with Gasteiger partial charge in [0.2, 0.25) is 5.95 Å². The topological polar surface area (TPSA) is 108 Å². The molecule has 1 atom stereocenters. The number of fused-ring (bicyclic) bond motifs is 1. The van der Waals surface area contributed by atoms with Gasteiger partial charge in [0.25, 0.3) is 0 Å². The molecule has 4 N–H and O–H groups in total. The molecule has 2 aromatic heterocycles. The Morgan fingerprint density at radius 2 is 1.95 bits per heavy atom. The number of nitrogens with zero attached hydrogens (tertiary/aromatic N) is 4. The van der Waals surface area contributed by atoms with Crippen LogP contribution in [0.4, 0.5) is 5.95 Å². The van der Waals surface area contributed by atoms with Crippen LogP contribution in [0.25, 0.3) is 20.7 Å². The smallest absolute Gasteiger partial charge is 0.336 e. The Bertz CT molecular complexity index is 1230. The van der Waals surface area contributed by atoms with Crippen molar-refractivity contribution >= 4 is 82.2 Å². The number of aromatic carboxylic acids is 1. The molecular formula is C27H40Cl4N6O2S. The van der Waals surface area contributed by atoms with E-state index in [9.17, 15) is 9.90 Å². The monoisotopic (exact) mass is 652 g/mol. The van der Waals surface area contributed by atoms with E-state index in [1.165, 1.54) is 24.2 Å². The van der Waals surface area contributed by atoms with Crippen molar-refractivity contribution in [3.05, 3.63) is 41.0 Å². The predicted octanol–water partition coefficient (Wildman–Crippen LogP) is 6.16. The number of nitrogens with one attached hydrogen (secondary N) is 1. The summed E-state index contributed by atoms with van der Waals surface area (Å²) in [6.07, 6.45) is 5.13. The lowest BCUT2D eigenvalue weighted by Crippen LogP contribution is -2.54. The second-order valence-electron chi connectivity index (χ2n) is 10.3. The van der Waals surface area contributed by atoms with Gasteiger partial charge in [0.05, 0.1) is 21.7 Å². The van der Waals surface area contributed by atoms with Gasteiger partial charge in [-0.05, 0) is 50.4 Å². The molecule has 1 aliphatic carbocycles. The van der Waals surface area contributed by atoms with Crippen LogP contribution in [0.15, 0.2) is 30.5 Å². The largest absolute Gasteiger partial charge is 0.478 e. The first kappa shape index (κ1) is 36.6. The van der Waals surface area contributed by atoms with E-state index in [0.717, 1.165) is 48.7 Å². The maximum absolute atomic E-state index is 11.6. The number of carboxylic acids is 1. The molecule has 40 heavy (non-hydrogen) atoms. The molecule has 0 amide bonds. The molecule has 2 aliphatic rings. The highest BCUT2D eigenvalue weighted by Crippen LogP contribution is 2.37. The fourth-order valence-corrected chi connectivity index (χ4v) is 5.81. The normalized spacial score (nSPS) is 17.2. The van der Waals surface area contributed by atoms with E-state index in [2.05, 4.69) is 46.0 Å². The summed E-state index contributed by atoms with van der Waals surface area (Å²) >= 11 is 7.89. The Labute approximate surface area is 264 Å². The number of rotatable bonds is 8. The lowest BCUT2D eigenvalue weighted by molar-refractivity contribution is 0.0631. The van der Waals surface area contributed by atoms with Crippen molar-refractivity contribution in [2.45, 2.75) is 45.2 Å². The molecule has 2 fully saturated rings. The van der Waals surface area contributed by atoms with Gasteiger partial charge in [0.15, 0.2) is 0 Å². The molecule has 1 saturated carbocycles. The maximum atomic E-state index is 11.6. The molecule has 224 valence electrons. The second-order valence-corrected chi connectivity index (χ2v) is 11.7. The number of halogens is 4. The Morgan fingerprint density at radius 3 is 2.58 bits per heavy atom. The van der Waals surface area contributed by atoms with Crippen molar-refractivity contribution < 1.29 is 9.90 Å². The van der Waals surface area contributed by atoms with Gasteiger partial charge in [-0.25, -0.2) is 14.8 Å². The SMILES string of the molecule is CC(C)C1CN(C)CCN1CCCNc1ncc(Cl)c(-c2cc3c(C(=O)O)cccc3s2)n1.Cl.Cl.Cl.NC1CC1. The third-order valence-corrected chi connectivity index (χ3v) is 8.19. The van der Waals surface area contributed by atoms with Gasteiger partial charge in [0, 0.05) is 54.9 Å². The van der Waals surface area contributed by atoms with E-state index in [1.807, 2.05) is 12.1 Å². The van der Waals surface area contributed by atoms with Gasteiger partial charge in [-0.3, -0.25) is 4.90 Å². The van der Waals surface area contributed by atoms with Crippen LogP contribution >= 0.6 is 60.2 Å². The molecule has 3 aromatic rings. The molecule has 1 aromatic carbocycles. The quantitative estimate of drug-likeness (QED) is 0.248. The van der Waals surface area contributed by atoms with Crippen molar-refractivity contribution in [3.8, 4) is 10.6 Å². The van der Waals surface area contributed by atoms with Crippen LogP contribution in [0.2, 0.25) is 5.02 Å². The number of benzene rings is 1. The average Bonchev–Trinajstić information content (AvgIpc) is 3.53. The number of nitrogens with two attached hydrogens (primary N) is 1. The highest BCUT2D eigenvalue weighted by atomic mass is 35.5. The van der Waals surface area contributed by atoms with Crippen LogP contribution < -0.4 is 11.1 Å².